The summed E-state index contributed by atoms with van der Waals surface area (Å²) in [6, 6.07) is 6.95. The molecule has 0 radical (unpaired) electrons. The Kier molecular flexibility index (Phi) is 3.47. The average Bonchev–Trinajstić information content (AvgIpc) is 2.70. The van der Waals surface area contributed by atoms with Crippen molar-refractivity contribution in [1.29, 1.82) is 0 Å². The third-order valence-corrected chi connectivity index (χ3v) is 2.66. The number of aryl methyl sites for hydroxylation is 1. The van der Waals surface area contributed by atoms with Crippen molar-refractivity contribution in [3.63, 3.8) is 0 Å². The molecule has 6 nitrogen and oxygen atoms in total. The number of ether oxygens (including phenoxy) is 1. The van der Waals surface area contributed by atoms with E-state index in [-0.39, 0.29) is 12.3 Å². The van der Waals surface area contributed by atoms with Gasteiger partial charge in [0.15, 0.2) is 5.69 Å². The van der Waals surface area contributed by atoms with Crippen LogP contribution in [0.25, 0.3) is 0 Å². The van der Waals surface area contributed by atoms with Gasteiger partial charge < -0.3 is 9.84 Å². The van der Waals surface area contributed by atoms with Gasteiger partial charge in [0.25, 0.3) is 0 Å². The van der Waals surface area contributed by atoms with Crippen molar-refractivity contribution in [2.75, 3.05) is 0 Å². The Hall–Kier alpha value is -2.08. The van der Waals surface area contributed by atoms with Crippen molar-refractivity contribution in [3.05, 3.63) is 40.7 Å². The number of halogens is 1. The smallest absolute Gasteiger partial charge is 0.358 e. The minimum atomic E-state index is -1.14. The second-order valence-electron chi connectivity index (χ2n) is 3.53. The van der Waals surface area contributed by atoms with E-state index in [1.54, 1.807) is 31.3 Å². The fourth-order valence-electron chi connectivity index (χ4n) is 1.41. The number of hydrogen-bond acceptors (Lipinski definition) is 4. The zero-order chi connectivity index (χ0) is 13.1. The van der Waals surface area contributed by atoms with E-state index >= 15 is 0 Å². The molecule has 7 heteroatoms. The average molecular weight is 268 g/mol. The molecule has 0 aliphatic rings. The van der Waals surface area contributed by atoms with E-state index in [0.29, 0.717) is 16.5 Å². The summed E-state index contributed by atoms with van der Waals surface area (Å²) in [4.78, 5) is 10.9. The molecular formula is C11H10ClN3O3. The van der Waals surface area contributed by atoms with Gasteiger partial charge in [0.1, 0.15) is 18.1 Å². The maximum absolute atomic E-state index is 10.9. The Bertz CT molecular complexity index is 583. The van der Waals surface area contributed by atoms with Crippen LogP contribution in [0.2, 0.25) is 5.02 Å². The summed E-state index contributed by atoms with van der Waals surface area (Å²) in [5, 5.41) is 16.6. The Morgan fingerprint density at radius 1 is 1.50 bits per heavy atom. The Balaban J connectivity index is 2.18. The number of aromatic carboxylic acids is 1. The maximum Gasteiger partial charge on any atom is 0.358 e. The highest BCUT2D eigenvalue weighted by Gasteiger charge is 2.18. The lowest BCUT2D eigenvalue weighted by molar-refractivity contribution is 0.0687. The maximum atomic E-state index is 10.9. The van der Waals surface area contributed by atoms with Crippen molar-refractivity contribution in [1.82, 2.24) is 15.0 Å². The van der Waals surface area contributed by atoms with Crippen LogP contribution in [0, 0.1) is 0 Å². The predicted molar refractivity (Wildman–Crippen MR) is 63.7 cm³/mol. The van der Waals surface area contributed by atoms with E-state index in [9.17, 15) is 4.79 Å². The highest BCUT2D eigenvalue weighted by molar-refractivity contribution is 6.32. The Morgan fingerprint density at radius 2 is 2.22 bits per heavy atom. The van der Waals surface area contributed by atoms with Gasteiger partial charge in [-0.15, -0.1) is 5.10 Å². The molecule has 0 unspecified atom stereocenters. The lowest BCUT2D eigenvalue weighted by Crippen LogP contribution is -2.09. The molecule has 0 aliphatic carbocycles. The zero-order valence-electron chi connectivity index (χ0n) is 9.50. The number of benzene rings is 1. The molecule has 0 bridgehead atoms. The van der Waals surface area contributed by atoms with Crippen LogP contribution in [0.15, 0.2) is 24.3 Å². The number of para-hydroxylation sites is 1. The van der Waals surface area contributed by atoms with Gasteiger partial charge >= 0.3 is 5.97 Å². The summed E-state index contributed by atoms with van der Waals surface area (Å²) >= 11 is 5.93. The fourth-order valence-corrected chi connectivity index (χ4v) is 1.60. The number of hydrogen-bond donors (Lipinski definition) is 1. The van der Waals surface area contributed by atoms with Gasteiger partial charge in [0.05, 0.1) is 5.02 Å². The molecule has 1 aromatic carbocycles. The summed E-state index contributed by atoms with van der Waals surface area (Å²) in [5.41, 5.74) is 0.256. The fraction of sp³-hybridized carbons (Fsp3) is 0.182. The van der Waals surface area contributed by atoms with Gasteiger partial charge in [0.2, 0.25) is 0 Å². The molecule has 0 atom stereocenters. The SMILES string of the molecule is Cn1nnc(C(=O)O)c1COc1ccccc1Cl. The molecule has 2 aromatic rings. The standard InChI is InChI=1S/C11H10ClN3O3/c1-15-8(10(11(16)17)13-14-15)6-18-9-5-3-2-4-7(9)12/h2-5H,6H2,1H3,(H,16,17). The van der Waals surface area contributed by atoms with Crippen LogP contribution in [0.5, 0.6) is 5.75 Å². The van der Waals surface area contributed by atoms with Crippen molar-refractivity contribution in [2.45, 2.75) is 6.61 Å². The molecule has 1 N–H and O–H groups in total. The van der Waals surface area contributed by atoms with Crippen LogP contribution in [-0.2, 0) is 13.7 Å². The minimum absolute atomic E-state index is 0.0366. The third kappa shape index (κ3) is 2.43. The normalized spacial score (nSPS) is 10.3. The van der Waals surface area contributed by atoms with E-state index in [4.69, 9.17) is 21.4 Å². The number of aromatic nitrogens is 3. The molecule has 94 valence electrons. The van der Waals surface area contributed by atoms with E-state index in [1.165, 1.54) is 4.68 Å². The molecular weight excluding hydrogens is 258 g/mol. The number of carboxylic acids is 1. The monoisotopic (exact) mass is 267 g/mol. The molecule has 1 heterocycles. The van der Waals surface area contributed by atoms with E-state index in [0.717, 1.165) is 0 Å². The first kappa shape index (κ1) is 12.4. The summed E-state index contributed by atoms with van der Waals surface area (Å²) in [5.74, 6) is -0.655. The third-order valence-electron chi connectivity index (χ3n) is 2.35. The first-order chi connectivity index (χ1) is 8.59. The molecule has 18 heavy (non-hydrogen) atoms. The van der Waals surface area contributed by atoms with Gasteiger partial charge in [-0.3, -0.25) is 0 Å². The first-order valence-corrected chi connectivity index (χ1v) is 5.46. The van der Waals surface area contributed by atoms with Gasteiger partial charge in [-0.1, -0.05) is 28.9 Å². The lowest BCUT2D eigenvalue weighted by Gasteiger charge is -2.07. The molecule has 0 amide bonds. The van der Waals surface area contributed by atoms with Gasteiger partial charge in [0, 0.05) is 7.05 Å². The van der Waals surface area contributed by atoms with E-state index in [1.807, 2.05) is 0 Å². The van der Waals surface area contributed by atoms with Gasteiger partial charge in [-0.2, -0.15) is 0 Å². The molecule has 2 rings (SSSR count). The molecule has 0 aliphatic heterocycles. The minimum Gasteiger partial charge on any atom is -0.486 e. The topological polar surface area (TPSA) is 77.2 Å². The van der Waals surface area contributed by atoms with Crippen LogP contribution in [0.1, 0.15) is 16.2 Å². The zero-order valence-corrected chi connectivity index (χ0v) is 10.3. The van der Waals surface area contributed by atoms with Crippen LogP contribution < -0.4 is 4.74 Å². The van der Waals surface area contributed by atoms with Crippen molar-refractivity contribution < 1.29 is 14.6 Å². The van der Waals surface area contributed by atoms with Gasteiger partial charge in [-0.05, 0) is 12.1 Å². The van der Waals surface area contributed by atoms with Crippen molar-refractivity contribution in [2.24, 2.45) is 7.05 Å². The van der Waals surface area contributed by atoms with Crippen molar-refractivity contribution in [3.8, 4) is 5.75 Å². The predicted octanol–water partition coefficient (Wildman–Crippen LogP) is 1.75. The number of carbonyl (C=O) groups is 1. The highest BCUT2D eigenvalue weighted by Crippen LogP contribution is 2.24. The second kappa shape index (κ2) is 5.05. The highest BCUT2D eigenvalue weighted by atomic mass is 35.5. The quantitative estimate of drug-likeness (QED) is 0.913. The molecule has 0 saturated carbocycles. The molecule has 0 fully saturated rings. The largest absolute Gasteiger partial charge is 0.486 e. The van der Waals surface area contributed by atoms with Gasteiger partial charge in [-0.25, -0.2) is 9.48 Å². The second-order valence-corrected chi connectivity index (χ2v) is 3.94. The summed E-state index contributed by atoms with van der Waals surface area (Å²) in [7, 11) is 1.60. The summed E-state index contributed by atoms with van der Waals surface area (Å²) < 4.78 is 6.82. The van der Waals surface area contributed by atoms with Crippen LogP contribution in [0.4, 0.5) is 0 Å². The lowest BCUT2D eigenvalue weighted by atomic mass is 10.3. The Morgan fingerprint density at radius 3 is 2.89 bits per heavy atom. The summed E-state index contributed by atoms with van der Waals surface area (Å²) in [6.07, 6.45) is 0. The number of rotatable bonds is 4. The summed E-state index contributed by atoms with van der Waals surface area (Å²) in [6.45, 7) is 0.0366. The van der Waals surface area contributed by atoms with E-state index < -0.39 is 5.97 Å². The molecule has 0 spiro atoms. The number of carboxylic acid groups (broad SMARTS) is 1. The van der Waals surface area contributed by atoms with Crippen LogP contribution in [-0.4, -0.2) is 26.1 Å². The molecule has 1 aromatic heterocycles. The van der Waals surface area contributed by atoms with Crippen molar-refractivity contribution >= 4 is 17.6 Å². The number of nitrogens with zero attached hydrogens (tertiary/aromatic N) is 3. The Labute approximate surface area is 108 Å². The van der Waals surface area contributed by atoms with Crippen LogP contribution >= 0.6 is 11.6 Å². The first-order valence-electron chi connectivity index (χ1n) is 5.08. The van der Waals surface area contributed by atoms with E-state index in [2.05, 4.69) is 10.3 Å². The molecule has 0 saturated heterocycles. The van der Waals surface area contributed by atoms with Crippen LogP contribution in [0.3, 0.4) is 0 Å².